The fourth-order valence-electron chi connectivity index (χ4n) is 3.85. The summed E-state index contributed by atoms with van der Waals surface area (Å²) in [4.78, 5) is 14.2. The van der Waals surface area contributed by atoms with Gasteiger partial charge in [-0.25, -0.2) is 0 Å². The van der Waals surface area contributed by atoms with Crippen LogP contribution < -0.4 is 15.1 Å². The lowest BCUT2D eigenvalue weighted by Crippen LogP contribution is -3.11. The van der Waals surface area contributed by atoms with Crippen molar-refractivity contribution < 1.29 is 32.3 Å². The number of hydrogen-bond acceptors (Lipinski definition) is 4. The summed E-state index contributed by atoms with van der Waals surface area (Å²) in [7, 11) is 0. The number of aromatic hydroxyl groups is 1. The Hall–Kier alpha value is -2.71. The van der Waals surface area contributed by atoms with E-state index in [1.54, 1.807) is 6.07 Å². The van der Waals surface area contributed by atoms with Gasteiger partial charge in [-0.05, 0) is 43.5 Å². The molecule has 0 atom stereocenters. The summed E-state index contributed by atoms with van der Waals surface area (Å²) < 4.78 is 52.0. The zero-order valence-electron chi connectivity index (χ0n) is 16.4. The normalized spacial score (nSPS) is 15.4. The van der Waals surface area contributed by atoms with Crippen molar-refractivity contribution >= 4 is 22.6 Å². The Morgan fingerprint density at radius 2 is 1.81 bits per heavy atom. The first-order valence-corrected chi connectivity index (χ1v) is 10.3. The smallest absolute Gasteiger partial charge is 0.453 e. The molecule has 0 unspecified atom stereocenters. The molecule has 31 heavy (non-hydrogen) atoms. The first-order valence-electron chi connectivity index (χ1n) is 9.90. The third kappa shape index (κ3) is 4.36. The maximum Gasteiger partial charge on any atom is 0.453 e. The van der Waals surface area contributed by atoms with Crippen LogP contribution in [0, 0.1) is 0 Å². The van der Waals surface area contributed by atoms with E-state index in [9.17, 15) is 23.1 Å². The summed E-state index contributed by atoms with van der Waals surface area (Å²) in [5.74, 6) is -2.86. The van der Waals surface area contributed by atoms with Gasteiger partial charge >= 0.3 is 6.18 Å². The lowest BCUT2D eigenvalue weighted by Gasteiger charge is -2.24. The number of alkyl halides is 3. The predicted octanol–water partition coefficient (Wildman–Crippen LogP) is 4.53. The average molecular weight is 455 g/mol. The minimum absolute atomic E-state index is 0.0511. The van der Waals surface area contributed by atoms with Gasteiger partial charge in [0.1, 0.15) is 18.0 Å². The van der Waals surface area contributed by atoms with Crippen LogP contribution >= 0.6 is 11.6 Å². The molecular formula is C22H20ClF3NO4+. The number of halogens is 4. The highest BCUT2D eigenvalue weighted by Crippen LogP contribution is 2.40. The van der Waals surface area contributed by atoms with Crippen molar-refractivity contribution in [1.29, 1.82) is 0 Å². The third-order valence-corrected chi connectivity index (χ3v) is 5.70. The molecule has 164 valence electrons. The number of para-hydroxylation sites is 1. The molecule has 1 fully saturated rings. The van der Waals surface area contributed by atoms with E-state index in [-0.39, 0.29) is 39.6 Å². The number of ether oxygens (including phenoxy) is 1. The lowest BCUT2D eigenvalue weighted by molar-refractivity contribution is -0.918. The van der Waals surface area contributed by atoms with Gasteiger partial charge in [0.25, 0.3) is 5.76 Å². The number of phenols is 1. The molecule has 0 radical (unpaired) electrons. The molecule has 5 nitrogen and oxygen atoms in total. The second-order valence-corrected chi connectivity index (χ2v) is 7.95. The minimum atomic E-state index is -5.00. The van der Waals surface area contributed by atoms with E-state index in [2.05, 4.69) is 0 Å². The largest absolute Gasteiger partial charge is 0.507 e. The number of quaternary nitrogens is 1. The average Bonchev–Trinajstić information content (AvgIpc) is 2.73. The number of benzene rings is 2. The molecule has 1 aromatic heterocycles. The van der Waals surface area contributed by atoms with E-state index in [1.165, 1.54) is 30.3 Å². The molecule has 0 bridgehead atoms. The maximum absolute atomic E-state index is 13.8. The highest BCUT2D eigenvalue weighted by Gasteiger charge is 2.41. The summed E-state index contributed by atoms with van der Waals surface area (Å²) in [5, 5.41) is 10.3. The molecule has 2 aromatic carbocycles. The Morgan fingerprint density at radius 3 is 2.48 bits per heavy atom. The monoisotopic (exact) mass is 454 g/mol. The zero-order chi connectivity index (χ0) is 22.2. The van der Waals surface area contributed by atoms with Crippen LogP contribution in [0.2, 0.25) is 5.02 Å². The highest BCUT2D eigenvalue weighted by atomic mass is 35.5. The van der Waals surface area contributed by atoms with Crippen LogP contribution in [0.3, 0.4) is 0 Å². The molecule has 9 heteroatoms. The summed E-state index contributed by atoms with van der Waals surface area (Å²) in [6.07, 6.45) is -1.91. The van der Waals surface area contributed by atoms with Gasteiger partial charge in [-0.15, -0.1) is 0 Å². The fourth-order valence-corrected chi connectivity index (χ4v) is 4.03. The van der Waals surface area contributed by atoms with E-state index in [1.807, 2.05) is 0 Å². The van der Waals surface area contributed by atoms with E-state index < -0.39 is 23.1 Å². The summed E-state index contributed by atoms with van der Waals surface area (Å²) in [6.45, 7) is 1.92. The maximum atomic E-state index is 13.8. The number of phenolic OH excluding ortho intramolecular Hbond substituents is 1. The Kier molecular flexibility index (Phi) is 5.85. The fraction of sp³-hybridized carbons (Fsp3) is 0.318. The highest BCUT2D eigenvalue weighted by molar-refractivity contribution is 6.32. The van der Waals surface area contributed by atoms with Crippen molar-refractivity contribution in [1.82, 2.24) is 0 Å². The quantitative estimate of drug-likeness (QED) is 0.608. The second kappa shape index (κ2) is 8.43. The molecule has 0 aliphatic carbocycles. The minimum Gasteiger partial charge on any atom is -0.507 e. The topological polar surface area (TPSA) is 64.1 Å². The summed E-state index contributed by atoms with van der Waals surface area (Å²) in [5.41, 5.74) is -1.08. The third-order valence-electron chi connectivity index (χ3n) is 5.39. The van der Waals surface area contributed by atoms with E-state index in [0.717, 1.165) is 37.3 Å². The zero-order valence-corrected chi connectivity index (χ0v) is 17.1. The number of likely N-dealkylation sites (tertiary alicyclic amines) is 1. The van der Waals surface area contributed by atoms with Crippen molar-refractivity contribution in [2.24, 2.45) is 0 Å². The Morgan fingerprint density at radius 1 is 1.10 bits per heavy atom. The van der Waals surface area contributed by atoms with Gasteiger partial charge in [-0.2, -0.15) is 13.2 Å². The molecule has 1 aliphatic heterocycles. The second-order valence-electron chi connectivity index (χ2n) is 7.55. The van der Waals surface area contributed by atoms with Crippen LogP contribution in [-0.2, 0) is 12.7 Å². The number of piperidine rings is 1. The summed E-state index contributed by atoms with van der Waals surface area (Å²) in [6, 6.07) is 8.43. The Bertz CT molecular complexity index is 1170. The van der Waals surface area contributed by atoms with Gasteiger partial charge in [-0.3, -0.25) is 4.79 Å². The van der Waals surface area contributed by atoms with Gasteiger partial charge < -0.3 is 19.2 Å². The van der Waals surface area contributed by atoms with Crippen LogP contribution in [-0.4, -0.2) is 18.2 Å². The molecule has 4 rings (SSSR count). The van der Waals surface area contributed by atoms with Crippen LogP contribution in [0.5, 0.6) is 17.2 Å². The van der Waals surface area contributed by atoms with Crippen molar-refractivity contribution in [3.8, 4) is 17.2 Å². The molecule has 0 spiro atoms. The van der Waals surface area contributed by atoms with Gasteiger partial charge in [0.15, 0.2) is 5.58 Å². The number of hydrogen-bond donors (Lipinski definition) is 2. The van der Waals surface area contributed by atoms with Gasteiger partial charge in [0.2, 0.25) is 11.2 Å². The number of nitrogens with one attached hydrogen (secondary N) is 1. The predicted molar refractivity (Wildman–Crippen MR) is 109 cm³/mol. The van der Waals surface area contributed by atoms with Gasteiger partial charge in [-0.1, -0.05) is 23.7 Å². The van der Waals surface area contributed by atoms with Crippen molar-refractivity contribution in [2.45, 2.75) is 32.0 Å². The lowest BCUT2D eigenvalue weighted by atomic mass is 10.1. The molecule has 2 heterocycles. The Labute approximate surface area is 180 Å². The SMILES string of the molecule is O=c1c(Oc2ccccc2Cl)c(C(F)(F)F)oc2c(C[NH+]3CCCCC3)c(O)ccc12. The first kappa shape index (κ1) is 21.5. The summed E-state index contributed by atoms with van der Waals surface area (Å²) >= 11 is 5.99. The molecule has 0 saturated carbocycles. The Balaban J connectivity index is 1.89. The molecule has 0 amide bonds. The number of rotatable bonds is 4. The number of fused-ring (bicyclic) bond motifs is 1. The van der Waals surface area contributed by atoms with E-state index >= 15 is 0 Å². The van der Waals surface area contributed by atoms with Crippen LogP contribution in [0.15, 0.2) is 45.6 Å². The van der Waals surface area contributed by atoms with E-state index in [0.29, 0.717) is 0 Å². The molecule has 3 aromatic rings. The van der Waals surface area contributed by atoms with Gasteiger partial charge in [0.05, 0.1) is 29.1 Å². The van der Waals surface area contributed by atoms with Crippen LogP contribution in [0.4, 0.5) is 13.2 Å². The van der Waals surface area contributed by atoms with Crippen LogP contribution in [0.25, 0.3) is 11.0 Å². The molecule has 1 saturated heterocycles. The van der Waals surface area contributed by atoms with Crippen LogP contribution in [0.1, 0.15) is 30.6 Å². The standard InChI is InChI=1S/C22H19ClF3NO4/c23-15-6-2-3-7-17(15)30-20-18(29)13-8-9-16(28)14(12-27-10-4-1-5-11-27)19(13)31-21(20)22(24,25)26/h2-3,6-9,28H,1,4-5,10-12H2/p+1. The van der Waals surface area contributed by atoms with Crippen molar-refractivity contribution in [2.75, 3.05) is 13.1 Å². The van der Waals surface area contributed by atoms with E-state index in [4.69, 9.17) is 20.8 Å². The molecular weight excluding hydrogens is 435 g/mol. The van der Waals surface area contributed by atoms with Gasteiger partial charge in [0, 0.05) is 0 Å². The molecule has 1 aliphatic rings. The van der Waals surface area contributed by atoms with Crippen molar-refractivity contribution in [3.05, 3.63) is 63.0 Å². The first-order chi connectivity index (χ1) is 14.8. The van der Waals surface area contributed by atoms with Crippen molar-refractivity contribution in [3.63, 3.8) is 0 Å². The molecule has 2 N–H and O–H groups in total.